The highest BCUT2D eigenvalue weighted by molar-refractivity contribution is 6.74. The predicted molar refractivity (Wildman–Crippen MR) is 99.7 cm³/mol. The van der Waals surface area contributed by atoms with Crippen LogP contribution < -0.4 is 0 Å². The van der Waals surface area contributed by atoms with Crippen LogP contribution in [0, 0.1) is 28.1 Å². The van der Waals surface area contributed by atoms with Gasteiger partial charge in [0.1, 0.15) is 0 Å². The van der Waals surface area contributed by atoms with Gasteiger partial charge >= 0.3 is 0 Å². The molecule has 0 N–H and O–H groups in total. The molecular weight excluding hydrogens is 328 g/mol. The summed E-state index contributed by atoms with van der Waals surface area (Å²) < 4.78 is 6.33. The van der Waals surface area contributed by atoms with Crippen molar-refractivity contribution in [2.45, 2.75) is 64.6 Å². The lowest BCUT2D eigenvalue weighted by atomic mass is 9.73. The van der Waals surface area contributed by atoms with Crippen molar-refractivity contribution in [3.8, 4) is 12.1 Å². The SMILES string of the molecule is CC(C)(C)[Si](C)(C)OC1=CC=C(C(C#N)(C#N)C2=CC(=O)CC2)CC1. The molecule has 0 unspecified atom stereocenters. The van der Waals surface area contributed by atoms with Gasteiger partial charge in [0.05, 0.1) is 17.9 Å². The van der Waals surface area contributed by atoms with E-state index in [4.69, 9.17) is 4.43 Å². The Hall–Kier alpha value is -2.11. The largest absolute Gasteiger partial charge is 0.547 e. The normalized spacial score (nSPS) is 18.7. The van der Waals surface area contributed by atoms with Crippen molar-refractivity contribution in [2.75, 3.05) is 0 Å². The number of carbonyl (C=O) groups is 1. The van der Waals surface area contributed by atoms with Crippen LogP contribution in [0.3, 0.4) is 0 Å². The molecule has 0 aromatic carbocycles. The van der Waals surface area contributed by atoms with Crippen molar-refractivity contribution < 1.29 is 9.22 Å². The third kappa shape index (κ3) is 3.62. The second-order valence-electron chi connectivity index (χ2n) is 8.30. The van der Waals surface area contributed by atoms with E-state index in [-0.39, 0.29) is 10.8 Å². The van der Waals surface area contributed by atoms with E-state index in [9.17, 15) is 15.3 Å². The van der Waals surface area contributed by atoms with Crippen molar-refractivity contribution in [1.29, 1.82) is 10.5 Å². The van der Waals surface area contributed by atoms with Crippen LogP contribution in [-0.2, 0) is 9.22 Å². The molecule has 0 aromatic rings. The van der Waals surface area contributed by atoms with Crippen molar-refractivity contribution in [3.63, 3.8) is 0 Å². The zero-order valence-electron chi connectivity index (χ0n) is 15.8. The minimum absolute atomic E-state index is 0.00113. The van der Waals surface area contributed by atoms with Gasteiger partial charge in [0.2, 0.25) is 8.32 Å². The Morgan fingerprint density at radius 2 is 1.60 bits per heavy atom. The molecule has 25 heavy (non-hydrogen) atoms. The summed E-state index contributed by atoms with van der Waals surface area (Å²) in [6, 6.07) is 4.35. The lowest BCUT2D eigenvalue weighted by Gasteiger charge is -2.38. The third-order valence-corrected chi connectivity index (χ3v) is 9.96. The fourth-order valence-corrected chi connectivity index (χ4v) is 4.04. The number of nitriles is 2. The highest BCUT2D eigenvalue weighted by Gasteiger charge is 2.42. The summed E-state index contributed by atoms with van der Waals surface area (Å²) in [6.45, 7) is 11.0. The van der Waals surface area contributed by atoms with Crippen LogP contribution in [0.25, 0.3) is 0 Å². The molecular formula is C20H26N2O2Si. The Kier molecular flexibility index (Phi) is 5.11. The topological polar surface area (TPSA) is 73.9 Å². The number of carbonyl (C=O) groups excluding carboxylic acids is 1. The second kappa shape index (κ2) is 6.65. The molecule has 0 aliphatic heterocycles. The maximum Gasteiger partial charge on any atom is 0.250 e. The van der Waals surface area contributed by atoms with Crippen LogP contribution in [0.2, 0.25) is 18.1 Å². The Bertz CT molecular complexity index is 738. The van der Waals surface area contributed by atoms with Gasteiger partial charge in [-0.3, -0.25) is 4.79 Å². The molecule has 0 saturated carbocycles. The molecule has 132 valence electrons. The molecule has 0 bridgehead atoms. The van der Waals surface area contributed by atoms with Gasteiger partial charge in [0, 0.05) is 12.8 Å². The van der Waals surface area contributed by atoms with Crippen LogP contribution in [0.1, 0.15) is 46.5 Å². The summed E-state index contributed by atoms with van der Waals surface area (Å²) in [5.41, 5.74) is 0.0856. The highest BCUT2D eigenvalue weighted by atomic mass is 28.4. The first-order valence-electron chi connectivity index (χ1n) is 8.71. The molecule has 0 spiro atoms. The van der Waals surface area contributed by atoms with E-state index in [1.54, 1.807) is 0 Å². The van der Waals surface area contributed by atoms with Crippen LogP contribution in [0.5, 0.6) is 0 Å². The Balaban J connectivity index is 2.30. The Labute approximate surface area is 151 Å². The van der Waals surface area contributed by atoms with Crippen molar-refractivity contribution in [3.05, 3.63) is 35.1 Å². The van der Waals surface area contributed by atoms with Gasteiger partial charge in [-0.1, -0.05) is 26.8 Å². The third-order valence-electron chi connectivity index (χ3n) is 5.58. The van der Waals surface area contributed by atoms with Gasteiger partial charge in [0.15, 0.2) is 11.2 Å². The lowest BCUT2D eigenvalue weighted by molar-refractivity contribution is -0.114. The molecule has 0 saturated heterocycles. The average molecular weight is 355 g/mol. The summed E-state index contributed by atoms with van der Waals surface area (Å²) in [5.74, 6) is 0.926. The monoisotopic (exact) mass is 354 g/mol. The van der Waals surface area contributed by atoms with E-state index < -0.39 is 13.7 Å². The minimum Gasteiger partial charge on any atom is -0.547 e. The second-order valence-corrected chi connectivity index (χ2v) is 13.0. The average Bonchev–Trinajstić information content (AvgIpc) is 2.96. The Morgan fingerprint density at radius 3 is 2.00 bits per heavy atom. The summed E-state index contributed by atoms with van der Waals surface area (Å²) in [4.78, 5) is 11.6. The first-order valence-corrected chi connectivity index (χ1v) is 11.6. The fraction of sp³-hybridized carbons (Fsp3) is 0.550. The predicted octanol–water partition coefficient (Wildman–Crippen LogP) is 4.94. The molecule has 2 aliphatic carbocycles. The van der Waals surface area contributed by atoms with Gasteiger partial charge in [-0.05, 0) is 54.3 Å². The number of allylic oxidation sites excluding steroid dienone is 6. The first-order chi connectivity index (χ1) is 11.6. The summed E-state index contributed by atoms with van der Waals surface area (Å²) in [5, 5.41) is 19.6. The van der Waals surface area contributed by atoms with Crippen LogP contribution in [0.15, 0.2) is 35.1 Å². The molecule has 0 fully saturated rings. The van der Waals surface area contributed by atoms with Gasteiger partial charge in [0.25, 0.3) is 0 Å². The van der Waals surface area contributed by atoms with Gasteiger partial charge < -0.3 is 4.43 Å². The number of nitrogens with zero attached hydrogens (tertiary/aromatic N) is 2. The lowest BCUT2D eigenvalue weighted by Crippen LogP contribution is -2.40. The number of rotatable bonds is 4. The quantitative estimate of drug-likeness (QED) is 0.671. The molecule has 0 radical (unpaired) electrons. The summed E-state index contributed by atoms with van der Waals surface area (Å²) in [6.07, 6.45) is 7.41. The van der Waals surface area contributed by atoms with Crippen molar-refractivity contribution in [1.82, 2.24) is 0 Å². The number of hydrogen-bond acceptors (Lipinski definition) is 4. The maximum atomic E-state index is 11.6. The summed E-state index contributed by atoms with van der Waals surface area (Å²) >= 11 is 0. The van der Waals surface area contributed by atoms with E-state index in [2.05, 4.69) is 46.0 Å². The standard InChI is InChI=1S/C20H26N2O2Si/c1-19(2,3)25(4,5)24-18-10-7-15(8-11-18)20(13-21,14-22)16-6-9-17(23)12-16/h7,10,12H,6,8-9,11H2,1-5H3. The van der Waals surface area contributed by atoms with Gasteiger partial charge in [-0.2, -0.15) is 10.5 Å². The zero-order chi connectivity index (χ0) is 18.9. The molecule has 2 aliphatic rings. The molecule has 0 amide bonds. The number of hydrogen-bond donors (Lipinski definition) is 0. The number of ketones is 1. The minimum atomic E-state index is -1.90. The molecule has 4 nitrogen and oxygen atoms in total. The fourth-order valence-electron chi connectivity index (χ4n) is 2.91. The van der Waals surface area contributed by atoms with E-state index >= 15 is 0 Å². The molecule has 0 atom stereocenters. The van der Waals surface area contributed by atoms with Crippen LogP contribution in [0.4, 0.5) is 0 Å². The smallest absolute Gasteiger partial charge is 0.250 e. The van der Waals surface area contributed by atoms with Gasteiger partial charge in [-0.25, -0.2) is 0 Å². The Morgan fingerprint density at radius 1 is 1.00 bits per heavy atom. The van der Waals surface area contributed by atoms with Crippen LogP contribution >= 0.6 is 0 Å². The molecule has 5 heteroatoms. The molecule has 0 aromatic heterocycles. The maximum absolute atomic E-state index is 11.6. The molecule has 2 rings (SSSR count). The van der Waals surface area contributed by atoms with Crippen LogP contribution in [-0.4, -0.2) is 14.1 Å². The summed E-state index contributed by atoms with van der Waals surface area (Å²) in [7, 11) is -1.90. The van der Waals surface area contributed by atoms with E-state index in [1.807, 2.05) is 12.2 Å². The molecule has 0 heterocycles. The van der Waals surface area contributed by atoms with E-state index in [0.29, 0.717) is 31.3 Å². The highest BCUT2D eigenvalue weighted by Crippen LogP contribution is 2.44. The van der Waals surface area contributed by atoms with Crippen molar-refractivity contribution in [2.24, 2.45) is 5.41 Å². The zero-order valence-corrected chi connectivity index (χ0v) is 16.8. The van der Waals surface area contributed by atoms with E-state index in [1.165, 1.54) is 6.08 Å². The van der Waals surface area contributed by atoms with E-state index in [0.717, 1.165) is 11.3 Å². The first kappa shape index (κ1) is 19.2. The van der Waals surface area contributed by atoms with Crippen molar-refractivity contribution >= 4 is 14.1 Å². The van der Waals surface area contributed by atoms with Gasteiger partial charge in [-0.15, -0.1) is 0 Å².